The summed E-state index contributed by atoms with van der Waals surface area (Å²) in [6.07, 6.45) is -5.75. The van der Waals surface area contributed by atoms with E-state index in [1.54, 1.807) is 0 Å². The van der Waals surface area contributed by atoms with E-state index in [0.717, 1.165) is 0 Å². The summed E-state index contributed by atoms with van der Waals surface area (Å²) < 4.78 is 96.5. The van der Waals surface area contributed by atoms with Crippen molar-refractivity contribution in [3.8, 4) is 11.5 Å². The van der Waals surface area contributed by atoms with Crippen LogP contribution in [0.3, 0.4) is 0 Å². The van der Waals surface area contributed by atoms with E-state index in [1.807, 2.05) is 0 Å². The first-order valence-corrected chi connectivity index (χ1v) is 6.49. The number of nitrogens with zero attached hydrogens (tertiary/aromatic N) is 1. The van der Waals surface area contributed by atoms with Gasteiger partial charge < -0.3 is 9.84 Å². The van der Waals surface area contributed by atoms with Gasteiger partial charge in [-0.3, -0.25) is 10.1 Å². The maximum absolute atomic E-state index is 13.8. The molecule has 2 rings (SSSR count). The lowest BCUT2D eigenvalue weighted by Gasteiger charge is -2.14. The van der Waals surface area contributed by atoms with Crippen molar-refractivity contribution >= 4 is 11.7 Å². The molecule has 6 nitrogen and oxygen atoms in total. The van der Waals surface area contributed by atoms with Crippen LogP contribution in [0.25, 0.3) is 0 Å². The molecule has 0 aliphatic heterocycles. The second-order valence-electron chi connectivity index (χ2n) is 4.80. The second-order valence-corrected chi connectivity index (χ2v) is 4.80. The number of alkyl halides is 3. The van der Waals surface area contributed by atoms with Gasteiger partial charge in [-0.2, -0.15) is 22.0 Å². The molecular formula is C14H4F7NO5. The van der Waals surface area contributed by atoms with Crippen LogP contribution >= 0.6 is 0 Å². The van der Waals surface area contributed by atoms with Crippen LogP contribution < -0.4 is 4.74 Å². The molecule has 27 heavy (non-hydrogen) atoms. The number of carboxylic acid groups (broad SMARTS) is 1. The van der Waals surface area contributed by atoms with E-state index < -0.39 is 68.7 Å². The highest BCUT2D eigenvalue weighted by atomic mass is 19.4. The summed E-state index contributed by atoms with van der Waals surface area (Å²) in [4.78, 5) is 20.6. The molecule has 0 aromatic heterocycles. The van der Waals surface area contributed by atoms with Gasteiger partial charge in [0.05, 0.1) is 4.92 Å². The molecule has 0 spiro atoms. The zero-order valence-corrected chi connectivity index (χ0v) is 12.4. The van der Waals surface area contributed by atoms with Gasteiger partial charge in [-0.15, -0.1) is 0 Å². The number of hydrogen-bond acceptors (Lipinski definition) is 4. The molecule has 0 saturated heterocycles. The van der Waals surface area contributed by atoms with Crippen molar-refractivity contribution in [3.63, 3.8) is 0 Å². The van der Waals surface area contributed by atoms with Crippen LogP contribution in [0.5, 0.6) is 11.5 Å². The number of rotatable bonds is 4. The van der Waals surface area contributed by atoms with Gasteiger partial charge in [0.25, 0.3) is 5.69 Å². The second kappa shape index (κ2) is 6.74. The van der Waals surface area contributed by atoms with Gasteiger partial charge in [-0.25, -0.2) is 13.6 Å². The van der Waals surface area contributed by atoms with Crippen LogP contribution in [0, 0.1) is 33.4 Å². The molecular weight excluding hydrogens is 395 g/mol. The molecule has 0 amide bonds. The molecule has 13 heteroatoms. The molecule has 0 heterocycles. The summed E-state index contributed by atoms with van der Waals surface area (Å²) >= 11 is 0. The fraction of sp³-hybridized carbons (Fsp3) is 0.0714. The molecule has 1 N–H and O–H groups in total. The molecule has 0 unspecified atom stereocenters. The van der Waals surface area contributed by atoms with Crippen molar-refractivity contribution in [2.24, 2.45) is 0 Å². The Morgan fingerprint density at radius 2 is 1.56 bits per heavy atom. The van der Waals surface area contributed by atoms with Crippen molar-refractivity contribution in [1.82, 2.24) is 0 Å². The third-order valence-electron chi connectivity index (χ3n) is 3.12. The summed E-state index contributed by atoms with van der Waals surface area (Å²) in [5, 5.41) is 19.6. The standard InChI is InChI=1S/C14H4F7NO5/c15-8-7(14(19,20)21)9(16)11(18)12(10(8)17)27-4-1-2-6(22(25)26)5(3-4)13(23)24/h1-3H,(H,23,24). The van der Waals surface area contributed by atoms with Crippen molar-refractivity contribution in [2.75, 3.05) is 0 Å². The van der Waals surface area contributed by atoms with E-state index in [9.17, 15) is 45.6 Å². The predicted molar refractivity (Wildman–Crippen MR) is 71.4 cm³/mol. The van der Waals surface area contributed by atoms with Crippen LogP contribution in [-0.4, -0.2) is 16.0 Å². The van der Waals surface area contributed by atoms with Crippen LogP contribution in [0.4, 0.5) is 36.4 Å². The maximum atomic E-state index is 13.8. The molecule has 0 aliphatic carbocycles. The SMILES string of the molecule is O=C(O)c1cc(Oc2c(F)c(F)c(C(F)(F)F)c(F)c2F)ccc1[N+](=O)[O-]. The first-order chi connectivity index (χ1) is 12.4. The van der Waals surface area contributed by atoms with Gasteiger partial charge in [0, 0.05) is 12.1 Å². The highest BCUT2D eigenvalue weighted by molar-refractivity contribution is 5.92. The molecule has 0 fully saturated rings. The normalized spacial score (nSPS) is 11.4. The molecule has 0 atom stereocenters. The molecule has 2 aromatic carbocycles. The summed E-state index contributed by atoms with van der Waals surface area (Å²) in [5.41, 5.74) is -4.77. The van der Waals surface area contributed by atoms with E-state index in [-0.39, 0.29) is 0 Å². The molecule has 2 aromatic rings. The first kappa shape index (κ1) is 19.9. The minimum atomic E-state index is -5.75. The first-order valence-electron chi connectivity index (χ1n) is 6.49. The van der Waals surface area contributed by atoms with Crippen molar-refractivity contribution in [2.45, 2.75) is 6.18 Å². The van der Waals surface area contributed by atoms with Gasteiger partial charge in [0.15, 0.2) is 11.6 Å². The van der Waals surface area contributed by atoms with E-state index in [1.165, 1.54) is 0 Å². The number of halogens is 7. The summed E-state index contributed by atoms with van der Waals surface area (Å²) in [5.74, 6) is -15.2. The minimum Gasteiger partial charge on any atom is -0.477 e. The number of nitro benzene ring substituents is 1. The van der Waals surface area contributed by atoms with Crippen LogP contribution in [0.1, 0.15) is 15.9 Å². The largest absolute Gasteiger partial charge is 0.477 e. The molecule has 0 aliphatic rings. The van der Waals surface area contributed by atoms with Crippen molar-refractivity contribution in [1.29, 1.82) is 0 Å². The van der Waals surface area contributed by atoms with E-state index in [4.69, 9.17) is 5.11 Å². The van der Waals surface area contributed by atoms with Gasteiger partial charge in [-0.1, -0.05) is 0 Å². The van der Waals surface area contributed by atoms with Crippen LogP contribution in [-0.2, 0) is 6.18 Å². The van der Waals surface area contributed by atoms with E-state index in [2.05, 4.69) is 4.74 Å². The lowest BCUT2D eigenvalue weighted by atomic mass is 10.1. The van der Waals surface area contributed by atoms with Gasteiger partial charge >= 0.3 is 12.1 Å². The quantitative estimate of drug-likeness (QED) is 0.350. The zero-order chi connectivity index (χ0) is 20.7. The monoisotopic (exact) mass is 399 g/mol. The van der Waals surface area contributed by atoms with Crippen LogP contribution in [0.15, 0.2) is 18.2 Å². The van der Waals surface area contributed by atoms with Crippen LogP contribution in [0.2, 0.25) is 0 Å². The minimum absolute atomic E-state index is 0.396. The predicted octanol–water partition coefficient (Wildman–Crippen LogP) is 4.66. The number of aromatic carboxylic acids is 1. The Bertz CT molecular complexity index is 929. The lowest BCUT2D eigenvalue weighted by Crippen LogP contribution is -2.15. The Labute approximate surface area is 143 Å². The Morgan fingerprint density at radius 3 is 1.96 bits per heavy atom. The Morgan fingerprint density at radius 1 is 1.04 bits per heavy atom. The summed E-state index contributed by atoms with van der Waals surface area (Å²) in [7, 11) is 0. The lowest BCUT2D eigenvalue weighted by molar-refractivity contribution is -0.385. The Kier molecular flexibility index (Phi) is 4.97. The number of carboxylic acids is 1. The fourth-order valence-corrected chi connectivity index (χ4v) is 1.98. The van der Waals surface area contributed by atoms with Gasteiger partial charge in [0.1, 0.15) is 16.9 Å². The Balaban J connectivity index is 2.61. The topological polar surface area (TPSA) is 89.7 Å². The highest BCUT2D eigenvalue weighted by Gasteiger charge is 2.43. The fourth-order valence-electron chi connectivity index (χ4n) is 1.98. The van der Waals surface area contributed by atoms with Gasteiger partial charge in [0.2, 0.25) is 17.4 Å². The molecule has 0 radical (unpaired) electrons. The molecule has 144 valence electrons. The molecule has 0 bridgehead atoms. The van der Waals surface area contributed by atoms with E-state index in [0.29, 0.717) is 18.2 Å². The third kappa shape index (κ3) is 3.61. The zero-order valence-electron chi connectivity index (χ0n) is 12.4. The number of carbonyl (C=O) groups is 1. The number of benzene rings is 2. The number of nitro groups is 1. The Hall–Kier alpha value is -3.38. The number of ether oxygens (including phenoxy) is 1. The maximum Gasteiger partial charge on any atom is 0.422 e. The summed E-state index contributed by atoms with van der Waals surface area (Å²) in [6, 6.07) is 1.56. The highest BCUT2D eigenvalue weighted by Crippen LogP contribution is 2.40. The third-order valence-corrected chi connectivity index (χ3v) is 3.12. The molecule has 0 saturated carbocycles. The number of hydrogen-bond donors (Lipinski definition) is 1. The van der Waals surface area contributed by atoms with Crippen molar-refractivity contribution in [3.05, 3.63) is 62.7 Å². The smallest absolute Gasteiger partial charge is 0.422 e. The van der Waals surface area contributed by atoms with Crippen molar-refractivity contribution < 1.29 is 50.3 Å². The average molecular weight is 399 g/mol. The summed E-state index contributed by atoms with van der Waals surface area (Å²) in [6.45, 7) is 0. The van der Waals surface area contributed by atoms with Gasteiger partial charge in [-0.05, 0) is 6.07 Å². The average Bonchev–Trinajstić information content (AvgIpc) is 2.55. The van der Waals surface area contributed by atoms with E-state index >= 15 is 0 Å².